The molecule has 2 aromatic rings. The smallest absolute Gasteiger partial charge is 0.262 e. The zero-order valence-corrected chi connectivity index (χ0v) is 14.8. The molecule has 23 heavy (non-hydrogen) atoms. The second-order valence-corrected chi connectivity index (χ2v) is 6.68. The van der Waals surface area contributed by atoms with Crippen LogP contribution in [-0.2, 0) is 0 Å². The first-order valence-electron chi connectivity index (χ1n) is 5.98. The molecule has 1 aromatic heterocycles. The maximum Gasteiger partial charge on any atom is 0.262 e. The topological polar surface area (TPSA) is 94.2 Å². The molecular weight excluding hydrogens is 460 g/mol. The number of nitrogen functional groups attached to an aromatic ring is 1. The Morgan fingerprint density at radius 2 is 1.78 bits per heavy atom. The fraction of sp³-hybridized carbons (Fsp3) is 0. The zero-order chi connectivity index (χ0) is 17.0. The van der Waals surface area contributed by atoms with E-state index < -0.39 is 23.2 Å². The summed E-state index contributed by atoms with van der Waals surface area (Å²) in [5.41, 5.74) is 4.81. The average Bonchev–Trinajstić information content (AvgIpc) is 2.74. The third-order valence-corrected chi connectivity index (χ3v) is 4.79. The van der Waals surface area contributed by atoms with Crippen molar-refractivity contribution in [1.82, 2.24) is 9.88 Å². The van der Waals surface area contributed by atoms with Crippen LogP contribution in [0.2, 0.25) is 5.02 Å². The molecule has 0 atom stereocenters. The molecule has 0 aliphatic carbocycles. The molecule has 0 bridgehead atoms. The molecule has 6 nitrogen and oxygen atoms in total. The van der Waals surface area contributed by atoms with E-state index in [0.29, 0.717) is 0 Å². The molecule has 0 unspecified atom stereocenters. The lowest BCUT2D eigenvalue weighted by Gasteiger charge is -2.15. The highest BCUT2D eigenvalue weighted by Crippen LogP contribution is 2.37. The van der Waals surface area contributed by atoms with Gasteiger partial charge in [-0.3, -0.25) is 24.3 Å². The second-order valence-electron chi connectivity index (χ2n) is 4.59. The van der Waals surface area contributed by atoms with Crippen molar-refractivity contribution in [2.75, 3.05) is 5.73 Å². The van der Waals surface area contributed by atoms with E-state index in [9.17, 15) is 18.8 Å². The minimum absolute atomic E-state index is 0.0650. The zero-order valence-electron chi connectivity index (χ0n) is 10.9. The van der Waals surface area contributed by atoms with Gasteiger partial charge < -0.3 is 5.73 Å². The Bertz CT molecular complexity index is 974. The van der Waals surface area contributed by atoms with Crippen molar-refractivity contribution in [3.8, 4) is 5.69 Å². The van der Waals surface area contributed by atoms with Crippen molar-refractivity contribution in [2.24, 2.45) is 0 Å². The monoisotopic (exact) mass is 463 g/mol. The summed E-state index contributed by atoms with van der Waals surface area (Å²) in [5.74, 6) is -2.55. The van der Waals surface area contributed by atoms with E-state index >= 15 is 0 Å². The van der Waals surface area contributed by atoms with E-state index in [0.717, 1.165) is 10.6 Å². The standard InChI is InChI=1S/C13H5Br2ClFN3O3/c14-4-2-5(15)10(8(16)9(4)17)20-6(21)1-3-7(11(20)18)13(23)19-12(3)22/h1-2H,18H2,(H,19,22,23). The van der Waals surface area contributed by atoms with Crippen LogP contribution in [0.1, 0.15) is 20.7 Å². The van der Waals surface area contributed by atoms with Gasteiger partial charge in [0.25, 0.3) is 17.4 Å². The number of halogens is 4. The number of rotatable bonds is 1. The van der Waals surface area contributed by atoms with Crippen molar-refractivity contribution >= 4 is 61.1 Å². The lowest BCUT2D eigenvalue weighted by molar-refractivity contribution is 0.0880. The molecule has 1 aliphatic heterocycles. The van der Waals surface area contributed by atoms with E-state index in [1.54, 1.807) is 0 Å². The van der Waals surface area contributed by atoms with E-state index in [1.807, 2.05) is 5.32 Å². The SMILES string of the molecule is Nc1c2c(cc(=O)n1-c1c(Br)cc(Br)c(F)c1Cl)C(=O)NC2=O. The fourth-order valence-corrected chi connectivity index (χ4v) is 4.13. The number of nitrogens with two attached hydrogens (primary N) is 1. The van der Waals surface area contributed by atoms with Gasteiger partial charge in [-0.15, -0.1) is 0 Å². The van der Waals surface area contributed by atoms with Gasteiger partial charge >= 0.3 is 0 Å². The highest BCUT2D eigenvalue weighted by Gasteiger charge is 2.32. The van der Waals surface area contributed by atoms with Gasteiger partial charge in [-0.05, 0) is 37.9 Å². The molecule has 0 fully saturated rings. The number of pyridine rings is 1. The Balaban J connectivity index is 2.43. The van der Waals surface area contributed by atoms with Gasteiger partial charge in [0.05, 0.1) is 21.3 Å². The minimum atomic E-state index is -0.794. The number of fused-ring (bicyclic) bond motifs is 1. The molecule has 1 aromatic carbocycles. The third-order valence-electron chi connectivity index (χ3n) is 3.27. The van der Waals surface area contributed by atoms with Crippen molar-refractivity contribution in [3.63, 3.8) is 0 Å². The largest absolute Gasteiger partial charge is 0.384 e. The van der Waals surface area contributed by atoms with Crippen LogP contribution < -0.4 is 16.6 Å². The Morgan fingerprint density at radius 3 is 2.43 bits per heavy atom. The highest BCUT2D eigenvalue weighted by molar-refractivity contribution is 9.11. The average molecular weight is 465 g/mol. The molecule has 0 saturated heterocycles. The van der Waals surface area contributed by atoms with E-state index in [-0.39, 0.29) is 36.6 Å². The summed E-state index contributed by atoms with van der Waals surface area (Å²) in [6.07, 6.45) is 0. The molecule has 2 heterocycles. The molecule has 118 valence electrons. The van der Waals surface area contributed by atoms with Gasteiger partial charge in [0.2, 0.25) is 0 Å². The summed E-state index contributed by atoms with van der Waals surface area (Å²) in [5, 5.41) is 1.67. The number of nitrogens with one attached hydrogen (secondary N) is 1. The quantitative estimate of drug-likeness (QED) is 0.385. The van der Waals surface area contributed by atoms with Crippen LogP contribution in [0.3, 0.4) is 0 Å². The van der Waals surface area contributed by atoms with E-state index in [4.69, 9.17) is 17.3 Å². The van der Waals surface area contributed by atoms with Gasteiger partial charge in [-0.2, -0.15) is 0 Å². The summed E-state index contributed by atoms with van der Waals surface area (Å²) in [6.45, 7) is 0. The number of hydrogen-bond acceptors (Lipinski definition) is 4. The van der Waals surface area contributed by atoms with Crippen LogP contribution in [0.15, 0.2) is 25.9 Å². The number of benzene rings is 1. The molecule has 0 saturated carbocycles. The van der Waals surface area contributed by atoms with Gasteiger partial charge in [-0.25, -0.2) is 4.39 Å². The molecule has 3 rings (SSSR count). The molecule has 3 N–H and O–H groups in total. The number of nitrogens with zero attached hydrogens (tertiary/aromatic N) is 1. The molecule has 10 heteroatoms. The third kappa shape index (κ3) is 2.30. The molecular formula is C13H5Br2ClFN3O3. The van der Waals surface area contributed by atoms with Crippen molar-refractivity contribution < 1.29 is 14.0 Å². The van der Waals surface area contributed by atoms with Gasteiger partial charge in [0, 0.05) is 10.5 Å². The summed E-state index contributed by atoms with van der Waals surface area (Å²) < 4.78 is 15.3. The van der Waals surface area contributed by atoms with E-state index in [1.165, 1.54) is 6.07 Å². The Kier molecular flexibility index (Phi) is 3.81. The number of anilines is 1. The first-order valence-corrected chi connectivity index (χ1v) is 7.95. The Labute approximate surface area is 149 Å². The Hall–Kier alpha value is -1.71. The first-order chi connectivity index (χ1) is 10.7. The number of hydrogen-bond donors (Lipinski definition) is 2. The normalized spacial score (nSPS) is 13.2. The summed E-state index contributed by atoms with van der Waals surface area (Å²) in [6, 6.07) is 2.30. The van der Waals surface area contributed by atoms with Crippen LogP contribution in [0.5, 0.6) is 0 Å². The lowest BCUT2D eigenvalue weighted by Crippen LogP contribution is -2.24. The van der Waals surface area contributed by atoms with Gasteiger partial charge in [0.1, 0.15) is 10.8 Å². The van der Waals surface area contributed by atoms with Crippen molar-refractivity contribution in [2.45, 2.75) is 0 Å². The number of amides is 2. The number of carbonyl (C=O) groups excluding carboxylic acids is 2. The van der Waals surface area contributed by atoms with Gasteiger partial charge in [-0.1, -0.05) is 11.6 Å². The molecule has 0 radical (unpaired) electrons. The molecule has 1 aliphatic rings. The number of aromatic nitrogens is 1. The Morgan fingerprint density at radius 1 is 1.13 bits per heavy atom. The number of imide groups is 1. The molecule has 0 spiro atoms. The minimum Gasteiger partial charge on any atom is -0.384 e. The summed E-state index contributed by atoms with van der Waals surface area (Å²) >= 11 is 12.2. The second kappa shape index (κ2) is 5.43. The van der Waals surface area contributed by atoms with Gasteiger partial charge in [0.15, 0.2) is 5.82 Å². The van der Waals surface area contributed by atoms with Crippen LogP contribution >= 0.6 is 43.5 Å². The summed E-state index contributed by atoms with van der Waals surface area (Å²) in [4.78, 5) is 35.8. The van der Waals surface area contributed by atoms with Crippen LogP contribution in [-0.4, -0.2) is 16.4 Å². The molecule has 2 amide bonds. The van der Waals surface area contributed by atoms with E-state index in [2.05, 4.69) is 31.9 Å². The predicted molar refractivity (Wildman–Crippen MR) is 88.6 cm³/mol. The predicted octanol–water partition coefficient (Wildman–Crippen LogP) is 2.62. The van der Waals surface area contributed by atoms with Crippen LogP contribution in [0.4, 0.5) is 10.2 Å². The van der Waals surface area contributed by atoms with Crippen LogP contribution in [0, 0.1) is 5.82 Å². The maximum atomic E-state index is 14.0. The fourth-order valence-electron chi connectivity index (χ4n) is 2.27. The van der Waals surface area contributed by atoms with Crippen molar-refractivity contribution in [1.29, 1.82) is 0 Å². The first kappa shape index (κ1) is 16.2. The summed E-state index contributed by atoms with van der Waals surface area (Å²) in [7, 11) is 0. The highest BCUT2D eigenvalue weighted by atomic mass is 79.9. The maximum absolute atomic E-state index is 14.0. The number of carbonyl (C=O) groups is 2. The van der Waals surface area contributed by atoms with Crippen LogP contribution in [0.25, 0.3) is 5.69 Å². The lowest BCUT2D eigenvalue weighted by atomic mass is 10.1. The van der Waals surface area contributed by atoms with Crippen molar-refractivity contribution in [3.05, 3.63) is 53.4 Å².